The summed E-state index contributed by atoms with van der Waals surface area (Å²) >= 11 is 0. The molecule has 0 aliphatic carbocycles. The molecular weight excluding hydrogens is 397 g/mol. The van der Waals surface area contributed by atoms with E-state index in [0.29, 0.717) is 16.7 Å². The molecule has 1 atom stereocenters. The second-order valence-corrected chi connectivity index (χ2v) is 6.95. The predicted molar refractivity (Wildman–Crippen MR) is 94.7 cm³/mol. The monoisotopic (exact) mass is 415 g/mol. The van der Waals surface area contributed by atoms with E-state index in [1.165, 1.54) is 17.9 Å². The van der Waals surface area contributed by atoms with Crippen molar-refractivity contribution in [3.05, 3.63) is 58.7 Å². The second-order valence-electron chi connectivity index (χ2n) is 6.95. The first kappa shape index (κ1) is 20.9. The van der Waals surface area contributed by atoms with Crippen LogP contribution in [0.25, 0.3) is 0 Å². The molecule has 1 unspecified atom stereocenters. The Morgan fingerprint density at radius 1 is 1.24 bits per heavy atom. The quantitative estimate of drug-likeness (QED) is 0.720. The predicted octanol–water partition coefficient (Wildman–Crippen LogP) is 4.69. The molecule has 29 heavy (non-hydrogen) atoms. The van der Waals surface area contributed by atoms with Gasteiger partial charge in [-0.2, -0.15) is 0 Å². The fraction of sp³-hybridized carbons (Fsp3) is 0.350. The maximum Gasteiger partial charge on any atom is 0.573 e. The Balaban J connectivity index is 1.84. The Hall–Kier alpha value is -2.84. The summed E-state index contributed by atoms with van der Waals surface area (Å²) in [6.45, 7) is 1.78. The van der Waals surface area contributed by atoms with Crippen LogP contribution in [0, 0.1) is 17.6 Å². The summed E-state index contributed by atoms with van der Waals surface area (Å²) < 4.78 is 70.2. The Bertz CT molecular complexity index is 929. The van der Waals surface area contributed by atoms with Crippen molar-refractivity contribution in [1.82, 2.24) is 0 Å². The number of halogens is 5. The molecule has 1 heterocycles. The Morgan fingerprint density at radius 2 is 1.97 bits per heavy atom. The highest BCUT2D eigenvalue weighted by Gasteiger charge is 2.32. The van der Waals surface area contributed by atoms with Crippen LogP contribution < -0.4 is 9.64 Å². The van der Waals surface area contributed by atoms with Crippen LogP contribution in [0.4, 0.5) is 27.6 Å². The van der Waals surface area contributed by atoms with Crippen LogP contribution in [0.2, 0.25) is 0 Å². The van der Waals surface area contributed by atoms with Crippen LogP contribution in [0.3, 0.4) is 0 Å². The topological polar surface area (TPSA) is 49.8 Å². The van der Waals surface area contributed by atoms with E-state index >= 15 is 0 Å². The molecule has 0 saturated heterocycles. The number of nitrogens with zero attached hydrogens (tertiary/aromatic N) is 1. The summed E-state index contributed by atoms with van der Waals surface area (Å²) in [5.74, 6) is -3.50. The summed E-state index contributed by atoms with van der Waals surface area (Å²) in [6, 6.07) is 5.88. The van der Waals surface area contributed by atoms with Crippen LogP contribution in [0.5, 0.6) is 5.75 Å². The molecule has 4 nitrogen and oxygen atoms in total. The van der Waals surface area contributed by atoms with E-state index in [2.05, 4.69) is 4.74 Å². The number of alkyl halides is 3. The van der Waals surface area contributed by atoms with Gasteiger partial charge in [-0.3, -0.25) is 4.79 Å². The molecule has 0 aromatic heterocycles. The van der Waals surface area contributed by atoms with Gasteiger partial charge in [-0.25, -0.2) is 8.78 Å². The van der Waals surface area contributed by atoms with Crippen molar-refractivity contribution < 1.29 is 36.6 Å². The van der Waals surface area contributed by atoms with Gasteiger partial charge >= 0.3 is 12.3 Å². The number of ether oxygens (including phenoxy) is 1. The van der Waals surface area contributed by atoms with Gasteiger partial charge < -0.3 is 14.7 Å². The molecule has 1 aliphatic rings. The smallest absolute Gasteiger partial charge is 0.481 e. The average Bonchev–Trinajstić information content (AvgIpc) is 2.64. The number of rotatable bonds is 5. The van der Waals surface area contributed by atoms with E-state index < -0.39 is 35.6 Å². The normalized spacial score (nSPS) is 15.0. The van der Waals surface area contributed by atoms with Crippen LogP contribution in [0.15, 0.2) is 30.3 Å². The van der Waals surface area contributed by atoms with Crippen molar-refractivity contribution in [1.29, 1.82) is 0 Å². The average molecular weight is 415 g/mol. The van der Waals surface area contributed by atoms with Gasteiger partial charge in [0.15, 0.2) is 0 Å². The van der Waals surface area contributed by atoms with Crippen molar-refractivity contribution in [3.63, 3.8) is 0 Å². The maximum atomic E-state index is 14.8. The van der Waals surface area contributed by atoms with Crippen molar-refractivity contribution in [2.75, 3.05) is 11.4 Å². The number of carboxylic acid groups (broad SMARTS) is 1. The summed E-state index contributed by atoms with van der Waals surface area (Å²) in [7, 11) is 0. The highest BCUT2D eigenvalue weighted by molar-refractivity contribution is 5.70. The third-order valence-electron chi connectivity index (χ3n) is 4.85. The van der Waals surface area contributed by atoms with Gasteiger partial charge in [-0.05, 0) is 41.7 Å². The maximum absolute atomic E-state index is 14.8. The molecule has 3 rings (SSSR count). The van der Waals surface area contributed by atoms with Gasteiger partial charge in [0.05, 0.1) is 11.6 Å². The standard InChI is InChI=1S/C20H18F5NO3/c1-11(19(27)28)8-12-2-3-13-10-26(7-6-15(13)18(12)22)17-9-14(4-5-16(17)21)29-20(23,24)25/h2-5,9,11H,6-8,10H2,1H3,(H,27,28). The lowest BCUT2D eigenvalue weighted by Gasteiger charge is -2.32. The zero-order valence-corrected chi connectivity index (χ0v) is 15.4. The van der Waals surface area contributed by atoms with Crippen LogP contribution in [0.1, 0.15) is 23.6 Å². The van der Waals surface area contributed by atoms with Crippen molar-refractivity contribution >= 4 is 11.7 Å². The minimum absolute atomic E-state index is 0.0453. The molecule has 2 aromatic rings. The van der Waals surface area contributed by atoms with Gasteiger partial charge in [0.2, 0.25) is 0 Å². The van der Waals surface area contributed by atoms with E-state index in [4.69, 9.17) is 5.11 Å². The molecule has 1 aliphatic heterocycles. The molecule has 2 aromatic carbocycles. The van der Waals surface area contributed by atoms with Crippen LogP contribution >= 0.6 is 0 Å². The summed E-state index contributed by atoms with van der Waals surface area (Å²) in [5, 5.41) is 9.01. The van der Waals surface area contributed by atoms with Gasteiger partial charge in [0.25, 0.3) is 0 Å². The summed E-state index contributed by atoms with van der Waals surface area (Å²) in [5.41, 5.74) is 1.21. The van der Waals surface area contributed by atoms with Crippen LogP contribution in [-0.2, 0) is 24.2 Å². The molecule has 0 radical (unpaired) electrons. The van der Waals surface area contributed by atoms with E-state index in [0.717, 1.165) is 18.2 Å². The van der Waals surface area contributed by atoms with E-state index in [1.54, 1.807) is 6.07 Å². The number of carboxylic acids is 1. The minimum Gasteiger partial charge on any atom is -0.481 e. The van der Waals surface area contributed by atoms with Crippen molar-refractivity contribution in [2.45, 2.75) is 32.7 Å². The zero-order chi connectivity index (χ0) is 21.3. The largest absolute Gasteiger partial charge is 0.573 e. The molecule has 0 fully saturated rings. The lowest BCUT2D eigenvalue weighted by molar-refractivity contribution is -0.274. The molecular formula is C20H18F5NO3. The Kier molecular flexibility index (Phi) is 5.68. The number of carbonyl (C=O) groups is 1. The lowest BCUT2D eigenvalue weighted by Crippen LogP contribution is -2.32. The van der Waals surface area contributed by atoms with Crippen molar-refractivity contribution in [3.8, 4) is 5.75 Å². The van der Waals surface area contributed by atoms with E-state index in [9.17, 15) is 26.7 Å². The van der Waals surface area contributed by atoms with Gasteiger partial charge in [-0.1, -0.05) is 19.1 Å². The number of aliphatic carboxylic acids is 1. The first-order chi connectivity index (χ1) is 13.5. The summed E-state index contributed by atoms with van der Waals surface area (Å²) in [6.07, 6.45) is -4.64. The Labute approximate surface area is 163 Å². The Morgan fingerprint density at radius 3 is 2.62 bits per heavy atom. The van der Waals surface area contributed by atoms with Gasteiger partial charge in [0, 0.05) is 19.2 Å². The number of hydrogen-bond donors (Lipinski definition) is 1. The SMILES string of the molecule is CC(Cc1ccc2c(c1F)CCN(c1cc(OC(F)(F)F)ccc1F)C2)C(=O)O. The highest BCUT2D eigenvalue weighted by atomic mass is 19.4. The molecule has 0 spiro atoms. The summed E-state index contributed by atoms with van der Waals surface area (Å²) in [4.78, 5) is 12.5. The lowest BCUT2D eigenvalue weighted by atomic mass is 9.92. The third kappa shape index (κ3) is 4.78. The van der Waals surface area contributed by atoms with E-state index in [-0.39, 0.29) is 31.6 Å². The van der Waals surface area contributed by atoms with Gasteiger partial charge in [-0.15, -0.1) is 13.2 Å². The fourth-order valence-electron chi connectivity index (χ4n) is 3.37. The molecule has 1 N–H and O–H groups in total. The minimum atomic E-state index is -4.89. The first-order valence-electron chi connectivity index (χ1n) is 8.87. The molecule has 9 heteroatoms. The van der Waals surface area contributed by atoms with Crippen LogP contribution in [-0.4, -0.2) is 24.0 Å². The zero-order valence-electron chi connectivity index (χ0n) is 15.4. The van der Waals surface area contributed by atoms with Crippen molar-refractivity contribution in [2.24, 2.45) is 5.92 Å². The van der Waals surface area contributed by atoms with Gasteiger partial charge in [0.1, 0.15) is 17.4 Å². The number of fused-ring (bicyclic) bond motifs is 1. The molecule has 0 bridgehead atoms. The highest BCUT2D eigenvalue weighted by Crippen LogP contribution is 2.33. The second kappa shape index (κ2) is 7.88. The van der Waals surface area contributed by atoms with E-state index in [1.807, 2.05) is 0 Å². The third-order valence-corrected chi connectivity index (χ3v) is 4.85. The first-order valence-corrected chi connectivity index (χ1v) is 8.87. The number of benzene rings is 2. The number of hydrogen-bond acceptors (Lipinski definition) is 3. The molecule has 0 amide bonds. The molecule has 0 saturated carbocycles. The number of anilines is 1. The molecule has 156 valence electrons. The fourth-order valence-corrected chi connectivity index (χ4v) is 3.37.